The Bertz CT molecular complexity index is 437. The molecule has 1 aromatic heterocycles. The molecule has 0 amide bonds. The molecular formula is C10H15ClN4O2. The lowest BCUT2D eigenvalue weighted by atomic mass is 10.2. The zero-order valence-corrected chi connectivity index (χ0v) is 10.7. The third-order valence-corrected chi connectivity index (χ3v) is 2.32. The van der Waals surface area contributed by atoms with Crippen molar-refractivity contribution in [3.8, 4) is 0 Å². The molecule has 0 aromatic carbocycles. The average Bonchev–Trinajstić information content (AvgIpc) is 2.19. The first-order valence-electron chi connectivity index (χ1n) is 5.10. The van der Waals surface area contributed by atoms with Crippen molar-refractivity contribution >= 4 is 29.2 Å². The smallest absolute Gasteiger partial charge is 0.358 e. The first-order valence-corrected chi connectivity index (χ1v) is 5.48. The molecule has 0 saturated carbocycles. The lowest BCUT2D eigenvalue weighted by Gasteiger charge is -2.21. The Balaban J connectivity index is 3.11. The molecule has 0 saturated heterocycles. The van der Waals surface area contributed by atoms with Crippen LogP contribution < -0.4 is 10.6 Å². The predicted molar refractivity (Wildman–Crippen MR) is 66.5 cm³/mol. The number of nitrogen functional groups attached to an aromatic ring is 1. The van der Waals surface area contributed by atoms with Gasteiger partial charge in [-0.1, -0.05) is 25.4 Å². The van der Waals surface area contributed by atoms with E-state index in [1.54, 1.807) is 11.9 Å². The first-order chi connectivity index (χ1) is 7.82. The molecule has 0 aliphatic rings. The number of halogens is 1. The van der Waals surface area contributed by atoms with Crippen molar-refractivity contribution in [3.05, 3.63) is 10.8 Å². The van der Waals surface area contributed by atoms with E-state index in [2.05, 4.69) is 9.97 Å². The minimum atomic E-state index is -1.24. The Morgan fingerprint density at radius 3 is 2.59 bits per heavy atom. The molecule has 0 aliphatic heterocycles. The second kappa shape index (κ2) is 5.18. The molecule has 1 rings (SSSR count). The van der Waals surface area contributed by atoms with Gasteiger partial charge in [-0.25, -0.2) is 14.8 Å². The fourth-order valence-corrected chi connectivity index (χ4v) is 1.72. The summed E-state index contributed by atoms with van der Waals surface area (Å²) >= 11 is 5.89. The van der Waals surface area contributed by atoms with Crippen molar-refractivity contribution in [1.29, 1.82) is 0 Å². The zero-order valence-electron chi connectivity index (χ0n) is 9.94. The SMILES string of the molecule is CC(C)CN(C)c1nc(N)c(C(=O)O)nc1Cl. The van der Waals surface area contributed by atoms with Gasteiger partial charge in [-0.15, -0.1) is 0 Å². The molecule has 0 aliphatic carbocycles. The molecule has 7 heteroatoms. The van der Waals surface area contributed by atoms with Crippen molar-refractivity contribution in [2.24, 2.45) is 5.92 Å². The molecule has 94 valence electrons. The summed E-state index contributed by atoms with van der Waals surface area (Å²) in [5.74, 6) is -0.566. The number of carbonyl (C=O) groups is 1. The summed E-state index contributed by atoms with van der Waals surface area (Å²) in [6.07, 6.45) is 0. The van der Waals surface area contributed by atoms with Gasteiger partial charge in [0.2, 0.25) is 0 Å². The third kappa shape index (κ3) is 3.20. The molecule has 0 unspecified atom stereocenters. The molecule has 1 heterocycles. The van der Waals surface area contributed by atoms with Gasteiger partial charge in [-0.05, 0) is 5.92 Å². The number of nitrogens with zero attached hydrogens (tertiary/aromatic N) is 3. The molecule has 3 N–H and O–H groups in total. The highest BCUT2D eigenvalue weighted by atomic mass is 35.5. The summed E-state index contributed by atoms with van der Waals surface area (Å²) in [5, 5.41) is 8.85. The molecule has 6 nitrogen and oxygen atoms in total. The topological polar surface area (TPSA) is 92.3 Å². The van der Waals surface area contributed by atoms with Crippen LogP contribution in [0.4, 0.5) is 11.6 Å². The summed E-state index contributed by atoms with van der Waals surface area (Å²) in [7, 11) is 1.80. The van der Waals surface area contributed by atoms with Crippen LogP contribution in [0.2, 0.25) is 5.15 Å². The van der Waals surface area contributed by atoms with E-state index in [4.69, 9.17) is 22.4 Å². The highest BCUT2D eigenvalue weighted by Crippen LogP contribution is 2.23. The number of hydrogen-bond donors (Lipinski definition) is 2. The Hall–Kier alpha value is -1.56. The largest absolute Gasteiger partial charge is 0.476 e. The van der Waals surface area contributed by atoms with Gasteiger partial charge in [0.15, 0.2) is 22.5 Å². The van der Waals surface area contributed by atoms with E-state index in [1.807, 2.05) is 13.8 Å². The van der Waals surface area contributed by atoms with Gasteiger partial charge in [0.25, 0.3) is 0 Å². The molecule has 0 radical (unpaired) electrons. The number of carboxylic acids is 1. The molecule has 17 heavy (non-hydrogen) atoms. The lowest BCUT2D eigenvalue weighted by Crippen LogP contribution is -2.25. The van der Waals surface area contributed by atoms with Crippen LogP contribution in [0, 0.1) is 5.92 Å². The van der Waals surface area contributed by atoms with Crippen LogP contribution in [-0.2, 0) is 0 Å². The summed E-state index contributed by atoms with van der Waals surface area (Å²) in [6.45, 7) is 4.82. The number of rotatable bonds is 4. The maximum absolute atomic E-state index is 10.8. The fourth-order valence-electron chi connectivity index (χ4n) is 1.45. The highest BCUT2D eigenvalue weighted by molar-refractivity contribution is 6.32. The standard InChI is InChI=1S/C10H15ClN4O2/c1-5(2)4-15(3)9-7(11)13-6(10(16)17)8(12)14-9/h5H,4H2,1-3H3,(H2,12,14)(H,16,17). The monoisotopic (exact) mass is 258 g/mol. The van der Waals surface area contributed by atoms with Gasteiger partial charge in [0.05, 0.1) is 0 Å². The van der Waals surface area contributed by atoms with Gasteiger partial charge in [-0.3, -0.25) is 0 Å². The second-order valence-corrected chi connectivity index (χ2v) is 4.51. The van der Waals surface area contributed by atoms with Crippen molar-refractivity contribution in [2.75, 3.05) is 24.2 Å². The lowest BCUT2D eigenvalue weighted by molar-refractivity contribution is 0.0691. The van der Waals surface area contributed by atoms with Crippen molar-refractivity contribution < 1.29 is 9.90 Å². The molecule has 1 aromatic rings. The van der Waals surface area contributed by atoms with Crippen LogP contribution in [-0.4, -0.2) is 34.6 Å². The Morgan fingerprint density at radius 2 is 2.12 bits per heavy atom. The number of aromatic carboxylic acids is 1. The minimum absolute atomic E-state index is 0.0414. The zero-order chi connectivity index (χ0) is 13.2. The number of aromatic nitrogens is 2. The molecule has 0 fully saturated rings. The first kappa shape index (κ1) is 13.5. The quantitative estimate of drug-likeness (QED) is 0.850. The summed E-state index contributed by atoms with van der Waals surface area (Å²) in [4.78, 5) is 20.3. The predicted octanol–water partition coefficient (Wildman–Crippen LogP) is 1.50. The Labute approximate surface area is 104 Å². The molecule has 0 bridgehead atoms. The van der Waals surface area contributed by atoms with Crippen LogP contribution in [0.15, 0.2) is 0 Å². The molecule has 0 spiro atoms. The van der Waals surface area contributed by atoms with Gasteiger partial charge >= 0.3 is 5.97 Å². The number of hydrogen-bond acceptors (Lipinski definition) is 5. The fraction of sp³-hybridized carbons (Fsp3) is 0.500. The summed E-state index contributed by atoms with van der Waals surface area (Å²) < 4.78 is 0. The van der Waals surface area contributed by atoms with E-state index in [1.165, 1.54) is 0 Å². The van der Waals surface area contributed by atoms with Gasteiger partial charge in [0, 0.05) is 13.6 Å². The number of anilines is 2. The van der Waals surface area contributed by atoms with Crippen LogP contribution >= 0.6 is 11.6 Å². The highest BCUT2D eigenvalue weighted by Gasteiger charge is 2.18. The van der Waals surface area contributed by atoms with Gasteiger partial charge in [0.1, 0.15) is 0 Å². The average molecular weight is 259 g/mol. The maximum Gasteiger partial charge on any atom is 0.358 e. The van der Waals surface area contributed by atoms with Gasteiger partial charge < -0.3 is 15.7 Å². The van der Waals surface area contributed by atoms with Crippen molar-refractivity contribution in [2.45, 2.75) is 13.8 Å². The maximum atomic E-state index is 10.8. The van der Waals surface area contributed by atoms with E-state index in [9.17, 15) is 4.79 Å². The van der Waals surface area contributed by atoms with E-state index in [0.29, 0.717) is 11.7 Å². The summed E-state index contributed by atoms with van der Waals surface area (Å²) in [5.41, 5.74) is 5.20. The van der Waals surface area contributed by atoms with Crippen LogP contribution in [0.3, 0.4) is 0 Å². The second-order valence-electron chi connectivity index (χ2n) is 4.15. The number of nitrogens with two attached hydrogens (primary N) is 1. The Kier molecular flexibility index (Phi) is 4.11. The molecule has 0 atom stereocenters. The van der Waals surface area contributed by atoms with E-state index in [0.717, 1.165) is 6.54 Å². The number of carboxylic acid groups (broad SMARTS) is 1. The van der Waals surface area contributed by atoms with Gasteiger partial charge in [-0.2, -0.15) is 0 Å². The van der Waals surface area contributed by atoms with Crippen LogP contribution in [0.25, 0.3) is 0 Å². The normalized spacial score (nSPS) is 10.6. The van der Waals surface area contributed by atoms with Crippen molar-refractivity contribution in [1.82, 2.24) is 9.97 Å². The van der Waals surface area contributed by atoms with E-state index >= 15 is 0 Å². The van der Waals surface area contributed by atoms with Crippen molar-refractivity contribution in [3.63, 3.8) is 0 Å². The summed E-state index contributed by atoms with van der Waals surface area (Å²) in [6, 6.07) is 0. The van der Waals surface area contributed by atoms with Crippen LogP contribution in [0.5, 0.6) is 0 Å². The van der Waals surface area contributed by atoms with Crippen LogP contribution in [0.1, 0.15) is 24.3 Å². The minimum Gasteiger partial charge on any atom is -0.476 e. The molecular weight excluding hydrogens is 244 g/mol. The van der Waals surface area contributed by atoms with E-state index in [-0.39, 0.29) is 16.7 Å². The van der Waals surface area contributed by atoms with E-state index < -0.39 is 5.97 Å². The Morgan fingerprint density at radius 1 is 1.53 bits per heavy atom. The third-order valence-electron chi connectivity index (χ3n) is 2.07.